The summed E-state index contributed by atoms with van der Waals surface area (Å²) in [7, 11) is 0. The van der Waals surface area contributed by atoms with Crippen LogP contribution in [-0.2, 0) is 0 Å². The second-order valence-electron chi connectivity index (χ2n) is 39.1. The van der Waals surface area contributed by atoms with Gasteiger partial charge in [0.25, 0.3) is 0 Å². The van der Waals surface area contributed by atoms with Crippen LogP contribution in [0.4, 0.5) is 0 Å². The van der Waals surface area contributed by atoms with E-state index in [9.17, 15) is 0 Å². The van der Waals surface area contributed by atoms with E-state index in [0.29, 0.717) is 0 Å². The molecule has 0 unspecified atom stereocenters. The molecule has 0 amide bonds. The number of fused-ring (bicyclic) bond motifs is 23. The maximum atomic E-state index is 6.56. The van der Waals surface area contributed by atoms with Crippen LogP contribution in [0.15, 0.2) is 564 Å². The Morgan fingerprint density at radius 3 is 0.713 bits per heavy atom. The summed E-state index contributed by atoms with van der Waals surface area (Å²) in [4.78, 5) is 0. The number of hydrogen-bond donors (Lipinski definition) is 0. The molecule has 32 aromatic rings. The van der Waals surface area contributed by atoms with E-state index >= 15 is 0 Å². The minimum Gasteiger partial charge on any atom is -0.456 e. The van der Waals surface area contributed by atoms with Gasteiger partial charge in [-0.05, 0) is 280 Å². The molecule has 0 saturated heterocycles. The third kappa shape index (κ3) is 14.6. The average molecular weight is 1910 g/mol. The minimum atomic E-state index is 0.916. The Morgan fingerprint density at radius 2 is 0.320 bits per heavy atom. The van der Waals surface area contributed by atoms with Gasteiger partial charge in [-0.1, -0.05) is 473 Å². The Hall–Kier alpha value is -19.8. The summed E-state index contributed by atoms with van der Waals surface area (Å²) in [5.74, 6) is 0. The van der Waals surface area contributed by atoms with Gasteiger partial charge in [-0.2, -0.15) is 0 Å². The minimum absolute atomic E-state index is 0.916. The zero-order valence-corrected chi connectivity index (χ0v) is 81.6. The molecule has 32 rings (SSSR count). The molecule has 0 spiro atoms. The highest BCUT2D eigenvalue weighted by Gasteiger charge is 2.27. The molecule has 0 aliphatic carbocycles. The molecule has 0 bridgehead atoms. The van der Waals surface area contributed by atoms with Crippen molar-refractivity contribution in [3.8, 4) is 100 Å². The maximum Gasteiger partial charge on any atom is 0.143 e. The van der Waals surface area contributed by atoms with Gasteiger partial charge in [-0.3, -0.25) is 0 Å². The van der Waals surface area contributed by atoms with Crippen molar-refractivity contribution in [3.05, 3.63) is 546 Å². The lowest BCUT2D eigenvalue weighted by Crippen LogP contribution is -1.93. The predicted molar refractivity (Wildman–Crippen MR) is 636 cm³/mol. The Bertz CT molecular complexity index is 10900. The molecule has 150 heavy (non-hydrogen) atoms. The first-order valence-corrected chi connectivity index (χ1v) is 51.5. The fourth-order valence-corrected chi connectivity index (χ4v) is 24.2. The largest absolute Gasteiger partial charge is 0.456 e. The fraction of sp³-hybridized carbons (Fsp3) is 0. The van der Waals surface area contributed by atoms with Crippen LogP contribution in [0.3, 0.4) is 0 Å². The van der Waals surface area contributed by atoms with Gasteiger partial charge in [0.1, 0.15) is 44.7 Å². The number of rotatable bonds is 9. The van der Waals surface area contributed by atoms with Crippen molar-refractivity contribution in [2.24, 2.45) is 0 Å². The summed E-state index contributed by atoms with van der Waals surface area (Å²) >= 11 is 0. The quantitative estimate of drug-likeness (QED) is 0.135. The number of para-hydroxylation sites is 5. The second-order valence-corrected chi connectivity index (χ2v) is 39.1. The highest BCUT2D eigenvalue weighted by molar-refractivity contribution is 6.30. The molecule has 0 atom stereocenters. The van der Waals surface area contributed by atoms with Crippen LogP contribution in [0, 0.1) is 0 Å². The van der Waals surface area contributed by atoms with Gasteiger partial charge in [-0.15, -0.1) is 0 Å². The maximum absolute atomic E-state index is 6.56. The van der Waals surface area contributed by atoms with Gasteiger partial charge in [-0.25, -0.2) is 0 Å². The monoisotopic (exact) mass is 1910 g/mol. The number of hydrogen-bond acceptors (Lipinski definition) is 4. The lowest BCUT2D eigenvalue weighted by atomic mass is 9.83. The molecular weight excluding hydrogens is 1820 g/mol. The summed E-state index contributed by atoms with van der Waals surface area (Å²) < 4.78 is 24.9. The first-order chi connectivity index (χ1) is 74.4. The summed E-state index contributed by atoms with van der Waals surface area (Å²) in [5, 5.41) is 36.9. The van der Waals surface area contributed by atoms with E-state index < -0.39 is 0 Å². The summed E-state index contributed by atoms with van der Waals surface area (Å²) in [6.45, 7) is 0. The number of furan rings is 4. The molecule has 4 nitrogen and oxygen atoms in total. The summed E-state index contributed by atoms with van der Waals surface area (Å²) in [5.41, 5.74) is 29.7. The summed E-state index contributed by atoms with van der Waals surface area (Å²) in [6.07, 6.45) is 0. The van der Waals surface area contributed by atoms with Crippen LogP contribution in [-0.4, -0.2) is 0 Å². The van der Waals surface area contributed by atoms with Crippen LogP contribution in [0.25, 0.3) is 306 Å². The first kappa shape index (κ1) is 86.9. The summed E-state index contributed by atoms with van der Waals surface area (Å²) in [6, 6.07) is 196. The van der Waals surface area contributed by atoms with Crippen molar-refractivity contribution < 1.29 is 17.7 Å². The third-order valence-electron chi connectivity index (χ3n) is 30.8. The van der Waals surface area contributed by atoms with E-state index in [-0.39, 0.29) is 0 Å². The molecule has 0 aliphatic heterocycles. The molecule has 0 radical (unpaired) electrons. The molecular formula is C146H90O4. The van der Waals surface area contributed by atoms with E-state index in [0.717, 1.165) is 93.3 Å². The van der Waals surface area contributed by atoms with E-state index in [1.54, 1.807) is 0 Å². The van der Waals surface area contributed by atoms with Crippen LogP contribution in [0.5, 0.6) is 0 Å². The Balaban J connectivity index is 0.0000000943. The first-order valence-electron chi connectivity index (χ1n) is 51.5. The molecule has 698 valence electrons. The van der Waals surface area contributed by atoms with Gasteiger partial charge in [0.2, 0.25) is 0 Å². The van der Waals surface area contributed by atoms with E-state index in [4.69, 9.17) is 17.7 Å². The molecule has 0 fully saturated rings. The van der Waals surface area contributed by atoms with Gasteiger partial charge in [0.15, 0.2) is 0 Å². The zero-order valence-electron chi connectivity index (χ0n) is 81.6. The highest BCUT2D eigenvalue weighted by Crippen LogP contribution is 2.54. The van der Waals surface area contributed by atoms with E-state index in [1.807, 2.05) is 42.5 Å². The normalized spacial score (nSPS) is 11.7. The Labute approximate surface area is 863 Å². The molecule has 0 N–H and O–H groups in total. The van der Waals surface area contributed by atoms with E-state index in [2.05, 4.69) is 504 Å². The second kappa shape index (κ2) is 36.2. The lowest BCUT2D eigenvalue weighted by molar-refractivity contribution is 0.668. The van der Waals surface area contributed by atoms with Crippen LogP contribution >= 0.6 is 0 Å². The SMILES string of the molecule is c1ccc(-c2c3ccccc3c(-c3ccc4oc5ccccc5c4c3)c3ccccc23)cc1.c1ccc(-c2c3ccccc3c(-c3cccc4c3oc3ccccc34)c3ccccc23)c(-c2ccc3ccccc3c2)c1.c1ccc2c(-c3c4ccccc4c(-c4ccc5oc6ccccc6c5c4)c4ccccc34)cccc2c1.c1ccc2cc(-c3c4ccccc4c(-c4ccc5oc6ccccc6c5c4)c4ccccc34)ccc2c1. The highest BCUT2D eigenvalue weighted by atomic mass is 16.3. The van der Waals surface area contributed by atoms with Crippen molar-refractivity contribution >= 4 is 206 Å². The van der Waals surface area contributed by atoms with Gasteiger partial charge >= 0.3 is 0 Å². The lowest BCUT2D eigenvalue weighted by Gasteiger charge is -2.20. The van der Waals surface area contributed by atoms with E-state index in [1.165, 1.54) is 213 Å². The topological polar surface area (TPSA) is 52.6 Å². The van der Waals surface area contributed by atoms with Crippen molar-refractivity contribution in [2.45, 2.75) is 0 Å². The van der Waals surface area contributed by atoms with Crippen LogP contribution in [0.1, 0.15) is 0 Å². The van der Waals surface area contributed by atoms with Gasteiger partial charge < -0.3 is 17.7 Å². The van der Waals surface area contributed by atoms with Gasteiger partial charge in [0, 0.05) is 54.2 Å². The van der Waals surface area contributed by atoms with Crippen LogP contribution in [0.2, 0.25) is 0 Å². The fourth-order valence-electron chi connectivity index (χ4n) is 24.2. The average Bonchev–Trinajstić information content (AvgIpc) is 0.960. The molecule has 0 saturated carbocycles. The molecule has 4 heteroatoms. The Morgan fingerprint density at radius 1 is 0.0933 bits per heavy atom. The van der Waals surface area contributed by atoms with Gasteiger partial charge in [0.05, 0.1) is 0 Å². The molecule has 0 aliphatic rings. The smallest absolute Gasteiger partial charge is 0.143 e. The molecule has 4 aromatic heterocycles. The standard InChI is InChI=1S/C42H26O.2C36H22O.C32H20O/c1-2-13-28-26-29(25-24-27(28)12-1)30-14-3-4-16-32(30)40-33-17-5-7-19-35(33)41(36-20-8-6-18-34(36)40)38-22-11-21-37-31-15-9-10-23-39(31)43-42(37)38;1-2-12-25-23(10-1)11-9-18-27(25)36-30-16-5-3-14-28(30)35(29-15-4-6-17-31(29)36)24-20-21-34-32(22-24)26-13-7-8-19-33(26)37-34;1-2-10-24-21-25(18-17-23(24)9-1)35-28-12-3-5-14-30(28)36(31-15-6-4-13-29(31)35)26-19-20-34-32(22-26)27-11-7-8-16-33(27)37-34;1-2-10-21(11-3-1)31-24-13-4-6-15-26(24)32(27-16-7-5-14-25(27)31)22-18-19-30-28(20-22)23-12-8-9-17-29(23)33-30/h1-26H;2*1-22H;1-20H. The molecule has 28 aromatic carbocycles. The predicted octanol–water partition coefficient (Wildman–Crippen LogP) is 42.0. The van der Waals surface area contributed by atoms with Crippen molar-refractivity contribution in [1.82, 2.24) is 0 Å². The Kier molecular flexibility index (Phi) is 21.0. The van der Waals surface area contributed by atoms with Crippen molar-refractivity contribution in [1.29, 1.82) is 0 Å². The number of benzene rings is 28. The molecule has 4 heterocycles. The van der Waals surface area contributed by atoms with Crippen molar-refractivity contribution in [3.63, 3.8) is 0 Å². The zero-order chi connectivity index (χ0) is 98.8. The van der Waals surface area contributed by atoms with Crippen molar-refractivity contribution in [2.75, 3.05) is 0 Å². The third-order valence-corrected chi connectivity index (χ3v) is 30.8. The van der Waals surface area contributed by atoms with Crippen LogP contribution < -0.4 is 0 Å².